The Bertz CT molecular complexity index is 598. The summed E-state index contributed by atoms with van der Waals surface area (Å²) in [4.78, 5) is 4.27. The van der Waals surface area contributed by atoms with Gasteiger partial charge in [0.05, 0.1) is 0 Å². The van der Waals surface area contributed by atoms with Crippen molar-refractivity contribution in [2.24, 2.45) is 0 Å². The zero-order valence-corrected chi connectivity index (χ0v) is 15.6. The van der Waals surface area contributed by atoms with Crippen LogP contribution < -0.4 is 0 Å². The van der Waals surface area contributed by atoms with Gasteiger partial charge in [-0.05, 0) is 50.5 Å². The molecule has 1 nitrogen and oxygen atoms in total. The van der Waals surface area contributed by atoms with E-state index in [2.05, 4.69) is 43.3 Å². The van der Waals surface area contributed by atoms with Crippen LogP contribution in [0.15, 0.2) is 96.8 Å². The third kappa shape index (κ3) is 10.3. The lowest BCUT2D eigenvalue weighted by molar-refractivity contribution is 1.10. The first-order valence-corrected chi connectivity index (χ1v) is 8.41. The summed E-state index contributed by atoms with van der Waals surface area (Å²) < 4.78 is 0. The zero-order chi connectivity index (χ0) is 18.2. The van der Waals surface area contributed by atoms with Crippen molar-refractivity contribution in [3.63, 3.8) is 0 Å². The van der Waals surface area contributed by atoms with Gasteiger partial charge in [0, 0.05) is 18.3 Å². The van der Waals surface area contributed by atoms with E-state index in [1.807, 2.05) is 69.5 Å². The summed E-state index contributed by atoms with van der Waals surface area (Å²) in [5, 5.41) is 0. The molecule has 1 heterocycles. The standard InChI is InChI=1S/C14H17N.C9H14/c1-4-7-13(12(2)3)9-10-14-8-5-6-11-15-14;1-4-7-9(6-3)8-5-2/h4-9,11H,2,10H2,1,3H3;4-5,7-8H,1,6H2,2-3H3/b7-4-,13-9+;8-5-,9-7-. The van der Waals surface area contributed by atoms with Gasteiger partial charge in [-0.1, -0.05) is 74.3 Å². The Hall–Kier alpha value is -2.41. The van der Waals surface area contributed by atoms with Crippen molar-refractivity contribution in [3.8, 4) is 0 Å². The first-order valence-electron chi connectivity index (χ1n) is 8.41. The van der Waals surface area contributed by atoms with E-state index in [4.69, 9.17) is 0 Å². The first-order chi connectivity index (χ1) is 11.6. The van der Waals surface area contributed by atoms with Crippen LogP contribution in [0.5, 0.6) is 0 Å². The van der Waals surface area contributed by atoms with Gasteiger partial charge in [0.2, 0.25) is 0 Å². The highest BCUT2D eigenvalue weighted by Crippen LogP contribution is 2.10. The molecule has 1 aromatic rings. The molecule has 0 aromatic carbocycles. The van der Waals surface area contributed by atoms with Gasteiger partial charge in [-0.25, -0.2) is 0 Å². The van der Waals surface area contributed by atoms with E-state index in [0.29, 0.717) is 0 Å². The van der Waals surface area contributed by atoms with Crippen LogP contribution in [0.2, 0.25) is 0 Å². The smallest absolute Gasteiger partial charge is 0.0441 e. The van der Waals surface area contributed by atoms with E-state index in [9.17, 15) is 0 Å². The van der Waals surface area contributed by atoms with E-state index < -0.39 is 0 Å². The summed E-state index contributed by atoms with van der Waals surface area (Å²) in [6.45, 7) is 15.8. The van der Waals surface area contributed by atoms with Crippen molar-refractivity contribution in [3.05, 3.63) is 102 Å². The maximum absolute atomic E-state index is 4.27. The molecule has 1 heteroatoms. The van der Waals surface area contributed by atoms with Crippen LogP contribution in [0, 0.1) is 0 Å². The molecular formula is C23H31N. The first kappa shape index (κ1) is 21.6. The zero-order valence-electron chi connectivity index (χ0n) is 15.6. The SMILES string of the molecule is C=C(C)C(/C=C\C)=C/Cc1ccccn1.C=C/C=C(\C=C/C)CC. The molecule has 0 aliphatic carbocycles. The number of hydrogen-bond acceptors (Lipinski definition) is 1. The maximum Gasteiger partial charge on any atom is 0.0441 e. The Labute approximate surface area is 148 Å². The van der Waals surface area contributed by atoms with Crippen LogP contribution in [0.3, 0.4) is 0 Å². The molecule has 0 aliphatic heterocycles. The highest BCUT2D eigenvalue weighted by atomic mass is 14.7. The fraction of sp³-hybridized carbons (Fsp3) is 0.261. The van der Waals surface area contributed by atoms with Gasteiger partial charge in [0.25, 0.3) is 0 Å². The minimum Gasteiger partial charge on any atom is -0.261 e. The van der Waals surface area contributed by atoms with Crippen molar-refractivity contribution >= 4 is 0 Å². The number of allylic oxidation sites excluding steroid dienone is 10. The van der Waals surface area contributed by atoms with Crippen LogP contribution in [-0.4, -0.2) is 4.98 Å². The Morgan fingerprint density at radius 2 is 1.88 bits per heavy atom. The van der Waals surface area contributed by atoms with E-state index in [1.165, 1.54) is 11.1 Å². The molecule has 0 aliphatic rings. The number of hydrogen-bond donors (Lipinski definition) is 0. The molecular weight excluding hydrogens is 290 g/mol. The average Bonchev–Trinajstić information content (AvgIpc) is 2.59. The van der Waals surface area contributed by atoms with Crippen LogP contribution in [0.4, 0.5) is 0 Å². The second kappa shape index (κ2) is 14.2. The molecule has 0 saturated carbocycles. The molecule has 128 valence electrons. The Morgan fingerprint density at radius 1 is 1.17 bits per heavy atom. The van der Waals surface area contributed by atoms with Crippen LogP contribution in [0.1, 0.15) is 39.8 Å². The molecule has 0 saturated heterocycles. The molecule has 0 amide bonds. The maximum atomic E-state index is 4.27. The van der Waals surface area contributed by atoms with Gasteiger partial charge in [-0.2, -0.15) is 0 Å². The van der Waals surface area contributed by atoms with Crippen molar-refractivity contribution in [2.75, 3.05) is 0 Å². The summed E-state index contributed by atoms with van der Waals surface area (Å²) in [6, 6.07) is 5.97. The summed E-state index contributed by atoms with van der Waals surface area (Å²) in [5.41, 5.74) is 4.68. The molecule has 0 spiro atoms. The lowest BCUT2D eigenvalue weighted by Crippen LogP contribution is -1.87. The van der Waals surface area contributed by atoms with Crippen molar-refractivity contribution in [1.82, 2.24) is 4.98 Å². The molecule has 0 unspecified atom stereocenters. The number of aromatic nitrogens is 1. The Morgan fingerprint density at radius 3 is 2.33 bits per heavy atom. The number of nitrogens with zero attached hydrogens (tertiary/aromatic N) is 1. The topological polar surface area (TPSA) is 12.9 Å². The highest BCUT2D eigenvalue weighted by molar-refractivity contribution is 5.37. The summed E-state index contributed by atoms with van der Waals surface area (Å²) in [7, 11) is 0. The predicted octanol–water partition coefficient (Wildman–Crippen LogP) is 6.79. The summed E-state index contributed by atoms with van der Waals surface area (Å²) >= 11 is 0. The van der Waals surface area contributed by atoms with E-state index in [1.54, 1.807) is 0 Å². The van der Waals surface area contributed by atoms with Crippen molar-refractivity contribution < 1.29 is 0 Å². The molecule has 0 radical (unpaired) electrons. The lowest BCUT2D eigenvalue weighted by Gasteiger charge is -2.00. The minimum absolute atomic E-state index is 0.855. The summed E-state index contributed by atoms with van der Waals surface area (Å²) in [5.74, 6) is 0. The van der Waals surface area contributed by atoms with Crippen LogP contribution >= 0.6 is 0 Å². The third-order valence-corrected chi connectivity index (χ3v) is 3.22. The molecule has 1 aromatic heterocycles. The van der Waals surface area contributed by atoms with Gasteiger partial charge in [0.1, 0.15) is 0 Å². The van der Waals surface area contributed by atoms with Crippen LogP contribution in [0.25, 0.3) is 0 Å². The normalized spacial score (nSPS) is 12.2. The van der Waals surface area contributed by atoms with Gasteiger partial charge >= 0.3 is 0 Å². The van der Waals surface area contributed by atoms with Crippen molar-refractivity contribution in [2.45, 2.75) is 40.5 Å². The minimum atomic E-state index is 0.855. The van der Waals surface area contributed by atoms with Gasteiger partial charge in [-0.15, -0.1) is 0 Å². The Balaban J connectivity index is 0.000000506. The van der Waals surface area contributed by atoms with Crippen molar-refractivity contribution in [1.29, 1.82) is 0 Å². The number of rotatable bonds is 7. The molecule has 0 atom stereocenters. The van der Waals surface area contributed by atoms with E-state index in [-0.39, 0.29) is 0 Å². The second-order valence-corrected chi connectivity index (χ2v) is 5.30. The average molecular weight is 322 g/mol. The fourth-order valence-corrected chi connectivity index (χ4v) is 1.95. The largest absolute Gasteiger partial charge is 0.261 e. The number of pyridine rings is 1. The summed E-state index contributed by atoms with van der Waals surface area (Å²) in [6.07, 6.45) is 18.0. The molecule has 1 rings (SSSR count). The van der Waals surface area contributed by atoms with Gasteiger partial charge in [-0.3, -0.25) is 4.98 Å². The Kier molecular flexibility index (Phi) is 12.8. The van der Waals surface area contributed by atoms with Gasteiger partial charge in [0.15, 0.2) is 0 Å². The molecule has 24 heavy (non-hydrogen) atoms. The van der Waals surface area contributed by atoms with E-state index >= 15 is 0 Å². The third-order valence-electron chi connectivity index (χ3n) is 3.22. The quantitative estimate of drug-likeness (QED) is 0.504. The molecule has 0 bridgehead atoms. The van der Waals surface area contributed by atoms with E-state index in [0.717, 1.165) is 24.1 Å². The molecule has 0 N–H and O–H groups in total. The monoisotopic (exact) mass is 321 g/mol. The lowest BCUT2D eigenvalue weighted by atomic mass is 10.1. The van der Waals surface area contributed by atoms with Crippen LogP contribution in [-0.2, 0) is 6.42 Å². The highest BCUT2D eigenvalue weighted by Gasteiger charge is 1.94. The second-order valence-electron chi connectivity index (χ2n) is 5.30. The molecule has 0 fully saturated rings. The fourth-order valence-electron chi connectivity index (χ4n) is 1.95. The van der Waals surface area contributed by atoms with Gasteiger partial charge < -0.3 is 0 Å². The predicted molar refractivity (Wildman–Crippen MR) is 109 cm³/mol.